The first-order chi connectivity index (χ1) is 6.68. The third-order valence-corrected chi connectivity index (χ3v) is 2.61. The van der Waals surface area contributed by atoms with Gasteiger partial charge in [-0.3, -0.25) is 0 Å². The standard InChI is InChI=1S/C11H24N2O/c1-10(2)9-14-12-7-11-5-4-6-13(3)8-11/h10-12H,4-9H2,1-3H3. The van der Waals surface area contributed by atoms with E-state index in [9.17, 15) is 0 Å². The molecule has 0 bridgehead atoms. The molecule has 1 N–H and O–H groups in total. The molecule has 1 saturated heterocycles. The van der Waals surface area contributed by atoms with Crippen LogP contribution in [0.15, 0.2) is 0 Å². The van der Waals surface area contributed by atoms with E-state index >= 15 is 0 Å². The van der Waals surface area contributed by atoms with Gasteiger partial charge in [0.25, 0.3) is 0 Å². The van der Waals surface area contributed by atoms with Gasteiger partial charge in [0.2, 0.25) is 0 Å². The lowest BCUT2D eigenvalue weighted by Crippen LogP contribution is -2.37. The average molecular weight is 200 g/mol. The van der Waals surface area contributed by atoms with Gasteiger partial charge in [-0.1, -0.05) is 13.8 Å². The molecule has 0 aromatic carbocycles. The van der Waals surface area contributed by atoms with Crippen LogP contribution >= 0.6 is 0 Å². The number of hydroxylamine groups is 1. The Morgan fingerprint density at radius 3 is 2.93 bits per heavy atom. The molecular formula is C11H24N2O. The Balaban J connectivity index is 2.00. The summed E-state index contributed by atoms with van der Waals surface area (Å²) in [6.07, 6.45) is 2.66. The van der Waals surface area contributed by atoms with Crippen molar-refractivity contribution in [3.05, 3.63) is 0 Å². The molecule has 0 saturated carbocycles. The molecule has 0 aromatic rings. The molecule has 1 aliphatic rings. The molecule has 0 radical (unpaired) electrons. The second-order valence-corrected chi connectivity index (χ2v) is 4.82. The fraction of sp³-hybridized carbons (Fsp3) is 1.00. The van der Waals surface area contributed by atoms with Gasteiger partial charge >= 0.3 is 0 Å². The minimum absolute atomic E-state index is 0.608. The van der Waals surface area contributed by atoms with Crippen LogP contribution in [-0.4, -0.2) is 38.2 Å². The summed E-state index contributed by atoms with van der Waals surface area (Å²) < 4.78 is 0. The molecule has 84 valence electrons. The van der Waals surface area contributed by atoms with Gasteiger partial charge in [0, 0.05) is 13.1 Å². The fourth-order valence-corrected chi connectivity index (χ4v) is 1.84. The van der Waals surface area contributed by atoms with Gasteiger partial charge in [0.05, 0.1) is 6.61 Å². The van der Waals surface area contributed by atoms with Crippen LogP contribution in [0.5, 0.6) is 0 Å². The molecule has 1 fully saturated rings. The van der Waals surface area contributed by atoms with E-state index in [0.29, 0.717) is 5.92 Å². The van der Waals surface area contributed by atoms with Crippen LogP contribution in [0.2, 0.25) is 0 Å². The second-order valence-electron chi connectivity index (χ2n) is 4.82. The number of piperidine rings is 1. The lowest BCUT2D eigenvalue weighted by Gasteiger charge is -2.29. The average Bonchev–Trinajstić information content (AvgIpc) is 2.12. The Bertz CT molecular complexity index is 150. The van der Waals surface area contributed by atoms with Crippen LogP contribution in [0.3, 0.4) is 0 Å². The number of rotatable bonds is 5. The summed E-state index contributed by atoms with van der Waals surface area (Å²) in [5.41, 5.74) is 3.08. The quantitative estimate of drug-likeness (QED) is 0.538. The summed E-state index contributed by atoms with van der Waals surface area (Å²) in [4.78, 5) is 7.77. The predicted molar refractivity (Wildman–Crippen MR) is 59.0 cm³/mol. The van der Waals surface area contributed by atoms with Crippen LogP contribution in [0, 0.1) is 11.8 Å². The van der Waals surface area contributed by atoms with Gasteiger partial charge in [-0.05, 0) is 38.3 Å². The largest absolute Gasteiger partial charge is 0.306 e. The number of hydrogen-bond donors (Lipinski definition) is 1. The Labute approximate surface area is 87.8 Å². The molecule has 0 aliphatic carbocycles. The predicted octanol–water partition coefficient (Wildman–Crippen LogP) is 1.51. The summed E-state index contributed by atoms with van der Waals surface area (Å²) in [6, 6.07) is 0. The van der Waals surface area contributed by atoms with E-state index in [1.54, 1.807) is 0 Å². The molecule has 0 amide bonds. The monoisotopic (exact) mass is 200 g/mol. The number of likely N-dealkylation sites (tertiary alicyclic amines) is 1. The lowest BCUT2D eigenvalue weighted by atomic mass is 9.99. The highest BCUT2D eigenvalue weighted by molar-refractivity contribution is 4.70. The van der Waals surface area contributed by atoms with E-state index in [1.165, 1.54) is 25.9 Å². The summed E-state index contributed by atoms with van der Waals surface area (Å²) in [5, 5.41) is 0. The van der Waals surface area contributed by atoms with Crippen molar-refractivity contribution >= 4 is 0 Å². The number of hydrogen-bond acceptors (Lipinski definition) is 3. The van der Waals surface area contributed by atoms with Crippen LogP contribution in [0.4, 0.5) is 0 Å². The van der Waals surface area contributed by atoms with Crippen molar-refractivity contribution in [1.29, 1.82) is 0 Å². The van der Waals surface area contributed by atoms with E-state index < -0.39 is 0 Å². The SMILES string of the molecule is CC(C)CONCC1CCCN(C)C1. The van der Waals surface area contributed by atoms with Crippen LogP contribution < -0.4 is 5.48 Å². The minimum Gasteiger partial charge on any atom is -0.306 e. The molecular weight excluding hydrogens is 176 g/mol. The maximum Gasteiger partial charge on any atom is 0.0705 e. The zero-order valence-corrected chi connectivity index (χ0v) is 9.75. The highest BCUT2D eigenvalue weighted by Crippen LogP contribution is 2.13. The zero-order valence-electron chi connectivity index (χ0n) is 9.75. The first-order valence-corrected chi connectivity index (χ1v) is 5.71. The van der Waals surface area contributed by atoms with Gasteiger partial charge in [-0.15, -0.1) is 0 Å². The minimum atomic E-state index is 0.608. The lowest BCUT2D eigenvalue weighted by molar-refractivity contribution is 0.00996. The topological polar surface area (TPSA) is 24.5 Å². The third kappa shape index (κ3) is 4.94. The highest BCUT2D eigenvalue weighted by Gasteiger charge is 2.16. The summed E-state index contributed by atoms with van der Waals surface area (Å²) in [7, 11) is 2.20. The zero-order chi connectivity index (χ0) is 10.4. The molecule has 0 aromatic heterocycles. The Kier molecular flexibility index (Phi) is 5.45. The smallest absolute Gasteiger partial charge is 0.0705 e. The number of nitrogens with one attached hydrogen (secondary N) is 1. The van der Waals surface area contributed by atoms with Gasteiger partial charge < -0.3 is 9.74 Å². The van der Waals surface area contributed by atoms with Crippen molar-refractivity contribution in [2.45, 2.75) is 26.7 Å². The van der Waals surface area contributed by atoms with Crippen molar-refractivity contribution < 1.29 is 4.84 Å². The summed E-state index contributed by atoms with van der Waals surface area (Å²) >= 11 is 0. The normalized spacial score (nSPS) is 24.4. The van der Waals surface area contributed by atoms with Crippen LogP contribution in [0.1, 0.15) is 26.7 Å². The first-order valence-electron chi connectivity index (χ1n) is 5.71. The van der Waals surface area contributed by atoms with Gasteiger partial charge in [-0.25, -0.2) is 5.48 Å². The summed E-state index contributed by atoms with van der Waals surface area (Å²) in [5.74, 6) is 1.37. The molecule has 1 atom stereocenters. The van der Waals surface area contributed by atoms with E-state index in [0.717, 1.165) is 19.1 Å². The van der Waals surface area contributed by atoms with Crippen molar-refractivity contribution in [2.24, 2.45) is 11.8 Å². The van der Waals surface area contributed by atoms with E-state index in [4.69, 9.17) is 4.84 Å². The van der Waals surface area contributed by atoms with Gasteiger partial charge in [0.1, 0.15) is 0 Å². The fourth-order valence-electron chi connectivity index (χ4n) is 1.84. The first kappa shape index (κ1) is 12.0. The van der Waals surface area contributed by atoms with Gasteiger partial charge in [-0.2, -0.15) is 0 Å². The van der Waals surface area contributed by atoms with Crippen molar-refractivity contribution in [3.8, 4) is 0 Å². The molecule has 3 heteroatoms. The molecule has 1 aliphatic heterocycles. The maximum atomic E-state index is 5.36. The van der Waals surface area contributed by atoms with Crippen LogP contribution in [-0.2, 0) is 4.84 Å². The molecule has 1 unspecified atom stereocenters. The Morgan fingerprint density at radius 1 is 1.50 bits per heavy atom. The molecule has 3 nitrogen and oxygen atoms in total. The Morgan fingerprint density at radius 2 is 2.29 bits per heavy atom. The van der Waals surface area contributed by atoms with Gasteiger partial charge in [0.15, 0.2) is 0 Å². The van der Waals surface area contributed by atoms with Crippen molar-refractivity contribution in [3.63, 3.8) is 0 Å². The highest BCUT2D eigenvalue weighted by atomic mass is 16.6. The van der Waals surface area contributed by atoms with E-state index in [2.05, 4.69) is 31.3 Å². The van der Waals surface area contributed by atoms with Crippen LogP contribution in [0.25, 0.3) is 0 Å². The van der Waals surface area contributed by atoms with E-state index in [-0.39, 0.29) is 0 Å². The molecule has 1 rings (SSSR count). The molecule has 1 heterocycles. The Hall–Kier alpha value is -0.120. The molecule has 0 spiro atoms. The third-order valence-electron chi connectivity index (χ3n) is 2.61. The second kappa shape index (κ2) is 6.38. The molecule has 14 heavy (non-hydrogen) atoms. The summed E-state index contributed by atoms with van der Waals surface area (Å²) in [6.45, 7) is 8.59. The number of nitrogens with zero attached hydrogens (tertiary/aromatic N) is 1. The van der Waals surface area contributed by atoms with Crippen molar-refractivity contribution in [1.82, 2.24) is 10.4 Å². The van der Waals surface area contributed by atoms with E-state index in [1.807, 2.05) is 0 Å². The maximum absolute atomic E-state index is 5.36. The van der Waals surface area contributed by atoms with Crippen molar-refractivity contribution in [2.75, 3.05) is 33.3 Å².